The van der Waals surface area contributed by atoms with Gasteiger partial charge in [-0.15, -0.1) is 6.58 Å². The van der Waals surface area contributed by atoms with Gasteiger partial charge in [0.1, 0.15) is 0 Å². The lowest BCUT2D eigenvalue weighted by Gasteiger charge is -2.29. The maximum Gasteiger partial charge on any atom is 0.0848 e. The van der Waals surface area contributed by atoms with Crippen LogP contribution in [-0.2, 0) is 0 Å². The van der Waals surface area contributed by atoms with Gasteiger partial charge < -0.3 is 5.11 Å². The van der Waals surface area contributed by atoms with E-state index in [0.29, 0.717) is 0 Å². The van der Waals surface area contributed by atoms with Crippen LogP contribution in [-0.4, -0.2) is 13.2 Å². The Kier molecular flexibility index (Phi) is 4.11. The molecule has 0 aliphatic heterocycles. The smallest absolute Gasteiger partial charge is 0.0848 e. The van der Waals surface area contributed by atoms with Crippen LogP contribution in [0.3, 0.4) is 0 Å². The number of aliphatic hydroxyl groups excluding tert-OH is 1. The van der Waals surface area contributed by atoms with Gasteiger partial charge in [-0.3, -0.25) is 0 Å². The third-order valence-corrected chi connectivity index (χ3v) is 5.51. The van der Waals surface area contributed by atoms with Crippen LogP contribution in [0.25, 0.3) is 0 Å². The van der Waals surface area contributed by atoms with Gasteiger partial charge in [0.05, 0.1) is 14.2 Å². The first-order valence-corrected chi connectivity index (χ1v) is 9.26. The van der Waals surface area contributed by atoms with Gasteiger partial charge >= 0.3 is 0 Å². The molecule has 1 aromatic rings. The summed E-state index contributed by atoms with van der Waals surface area (Å²) in [6.45, 7) is 13.0. The van der Waals surface area contributed by atoms with Crippen LogP contribution in [0.15, 0.2) is 42.1 Å². The van der Waals surface area contributed by atoms with Gasteiger partial charge in [-0.05, 0) is 5.56 Å². The van der Waals surface area contributed by atoms with Gasteiger partial charge in [0.2, 0.25) is 0 Å². The predicted octanol–water partition coefficient (Wildman–Crippen LogP) is 3.79. The van der Waals surface area contributed by atoms with Crippen LogP contribution in [0.4, 0.5) is 0 Å². The lowest BCUT2D eigenvalue weighted by Crippen LogP contribution is -2.30. The van der Waals surface area contributed by atoms with Crippen LogP contribution in [0.5, 0.6) is 0 Å². The SMILES string of the molecule is C=C([C@@H](C)[C@H](O)c1ccccc1)[Si](C)(C)C. The van der Waals surface area contributed by atoms with Crippen molar-refractivity contribution in [3.05, 3.63) is 47.7 Å². The molecule has 1 rings (SSSR count). The molecule has 88 valence electrons. The second-order valence-corrected chi connectivity index (χ2v) is 10.6. The second kappa shape index (κ2) is 4.98. The Morgan fingerprint density at radius 2 is 1.69 bits per heavy atom. The van der Waals surface area contributed by atoms with Crippen molar-refractivity contribution in [3.8, 4) is 0 Å². The molecule has 2 atom stereocenters. The van der Waals surface area contributed by atoms with Crippen molar-refractivity contribution in [1.29, 1.82) is 0 Å². The minimum Gasteiger partial charge on any atom is -0.388 e. The summed E-state index contributed by atoms with van der Waals surface area (Å²) in [6.07, 6.45) is -0.430. The maximum atomic E-state index is 10.3. The van der Waals surface area contributed by atoms with Crippen molar-refractivity contribution in [2.24, 2.45) is 5.92 Å². The lowest BCUT2D eigenvalue weighted by molar-refractivity contribution is 0.137. The molecule has 0 unspecified atom stereocenters. The Hall–Kier alpha value is -0.863. The van der Waals surface area contributed by atoms with E-state index in [-0.39, 0.29) is 5.92 Å². The molecule has 0 aliphatic rings. The first kappa shape index (κ1) is 13.2. The summed E-state index contributed by atoms with van der Waals surface area (Å²) in [4.78, 5) is 0. The quantitative estimate of drug-likeness (QED) is 0.786. The Balaban J connectivity index is 2.83. The molecule has 0 heterocycles. The van der Waals surface area contributed by atoms with Crippen molar-refractivity contribution in [2.45, 2.75) is 32.7 Å². The summed E-state index contributed by atoms with van der Waals surface area (Å²) in [6, 6.07) is 9.83. The molecule has 0 saturated carbocycles. The highest BCUT2D eigenvalue weighted by Gasteiger charge is 2.27. The zero-order chi connectivity index (χ0) is 12.3. The molecule has 0 saturated heterocycles. The number of aliphatic hydroxyl groups is 1. The average molecular weight is 234 g/mol. The number of rotatable bonds is 4. The summed E-state index contributed by atoms with van der Waals surface area (Å²) in [5.41, 5.74) is 0.981. The minimum atomic E-state index is -1.37. The van der Waals surface area contributed by atoms with Crippen molar-refractivity contribution in [1.82, 2.24) is 0 Å². The minimum absolute atomic E-state index is 0.133. The standard InChI is InChI=1S/C14H22OSi/c1-11(12(2)16(3,4)5)14(15)13-9-7-6-8-10-13/h6-11,14-15H,2H2,1,3-5H3/t11-,14+/m1/s1. The third kappa shape index (κ3) is 3.06. The second-order valence-electron chi connectivity index (χ2n) is 5.42. The van der Waals surface area contributed by atoms with E-state index in [9.17, 15) is 5.11 Å². The topological polar surface area (TPSA) is 20.2 Å². The van der Waals surface area contributed by atoms with E-state index in [0.717, 1.165) is 5.56 Å². The molecule has 0 bridgehead atoms. The van der Waals surface area contributed by atoms with Crippen LogP contribution in [0, 0.1) is 5.92 Å². The molecule has 1 nitrogen and oxygen atoms in total. The molecule has 0 fully saturated rings. The van der Waals surface area contributed by atoms with Crippen molar-refractivity contribution >= 4 is 8.07 Å². The van der Waals surface area contributed by atoms with Gasteiger partial charge in [0.15, 0.2) is 0 Å². The molecule has 0 radical (unpaired) electrons. The highest BCUT2D eigenvalue weighted by atomic mass is 28.3. The monoisotopic (exact) mass is 234 g/mol. The average Bonchev–Trinajstić information content (AvgIpc) is 2.26. The van der Waals surface area contributed by atoms with E-state index in [1.165, 1.54) is 5.20 Å². The fourth-order valence-electron chi connectivity index (χ4n) is 1.81. The summed E-state index contributed by atoms with van der Waals surface area (Å²) in [5.74, 6) is 0.133. The van der Waals surface area contributed by atoms with Crippen LogP contribution >= 0.6 is 0 Å². The summed E-state index contributed by atoms with van der Waals surface area (Å²) >= 11 is 0. The number of hydrogen-bond donors (Lipinski definition) is 1. The summed E-state index contributed by atoms with van der Waals surface area (Å²) in [7, 11) is -1.37. The molecular formula is C14H22OSi. The fraction of sp³-hybridized carbons (Fsp3) is 0.429. The number of benzene rings is 1. The van der Waals surface area contributed by atoms with Crippen LogP contribution in [0.1, 0.15) is 18.6 Å². The summed E-state index contributed by atoms with van der Waals surface area (Å²) < 4.78 is 0. The zero-order valence-corrected chi connectivity index (χ0v) is 11.7. The van der Waals surface area contributed by atoms with Gasteiger partial charge in [0, 0.05) is 5.92 Å². The van der Waals surface area contributed by atoms with Gasteiger partial charge in [-0.2, -0.15) is 0 Å². The molecule has 1 N–H and O–H groups in total. The summed E-state index contributed by atoms with van der Waals surface area (Å²) in [5, 5.41) is 11.5. The molecule has 0 amide bonds. The van der Waals surface area contributed by atoms with Crippen molar-refractivity contribution in [2.75, 3.05) is 0 Å². The molecule has 0 aliphatic carbocycles. The third-order valence-electron chi connectivity index (χ3n) is 3.13. The van der Waals surface area contributed by atoms with Crippen molar-refractivity contribution in [3.63, 3.8) is 0 Å². The first-order chi connectivity index (χ1) is 7.34. The number of hydrogen-bond acceptors (Lipinski definition) is 1. The van der Waals surface area contributed by atoms with E-state index >= 15 is 0 Å². The van der Waals surface area contributed by atoms with E-state index in [4.69, 9.17) is 0 Å². The first-order valence-electron chi connectivity index (χ1n) is 5.76. The van der Waals surface area contributed by atoms with E-state index < -0.39 is 14.2 Å². The molecular weight excluding hydrogens is 212 g/mol. The van der Waals surface area contributed by atoms with E-state index in [1.807, 2.05) is 30.3 Å². The van der Waals surface area contributed by atoms with Crippen molar-refractivity contribution < 1.29 is 5.11 Å². The largest absolute Gasteiger partial charge is 0.388 e. The predicted molar refractivity (Wildman–Crippen MR) is 73.1 cm³/mol. The zero-order valence-electron chi connectivity index (χ0n) is 10.7. The Morgan fingerprint density at radius 3 is 2.12 bits per heavy atom. The highest BCUT2D eigenvalue weighted by molar-refractivity contribution is 6.83. The van der Waals surface area contributed by atoms with Gasteiger partial charge in [-0.25, -0.2) is 0 Å². The molecule has 1 aromatic carbocycles. The molecule has 2 heteroatoms. The lowest BCUT2D eigenvalue weighted by atomic mass is 9.97. The molecule has 0 aromatic heterocycles. The normalized spacial score (nSPS) is 15.6. The molecule has 16 heavy (non-hydrogen) atoms. The van der Waals surface area contributed by atoms with Crippen LogP contribution in [0.2, 0.25) is 19.6 Å². The Labute approximate surface area is 99.8 Å². The maximum absolute atomic E-state index is 10.3. The highest BCUT2D eigenvalue weighted by Crippen LogP contribution is 2.31. The van der Waals surface area contributed by atoms with Gasteiger partial charge in [0.25, 0.3) is 0 Å². The van der Waals surface area contributed by atoms with Gasteiger partial charge in [-0.1, -0.05) is 62.1 Å². The Bertz CT molecular complexity index is 351. The fourth-order valence-corrected chi connectivity index (χ4v) is 3.34. The molecule has 0 spiro atoms. The van der Waals surface area contributed by atoms with Crippen LogP contribution < -0.4 is 0 Å². The van der Waals surface area contributed by atoms with E-state index in [2.05, 4.69) is 33.1 Å². The van der Waals surface area contributed by atoms with E-state index in [1.54, 1.807) is 0 Å². The Morgan fingerprint density at radius 1 is 1.19 bits per heavy atom.